The molecule has 0 radical (unpaired) electrons. The Hall–Kier alpha value is -1.35. The highest BCUT2D eigenvalue weighted by atomic mass is 16.3. The molecule has 0 saturated heterocycles. The molecule has 0 bridgehead atoms. The van der Waals surface area contributed by atoms with Gasteiger partial charge in [0, 0.05) is 13.1 Å². The van der Waals surface area contributed by atoms with Gasteiger partial charge in [-0.1, -0.05) is 38.5 Å². The van der Waals surface area contributed by atoms with Gasteiger partial charge in [-0.2, -0.15) is 0 Å². The highest BCUT2D eigenvalue weighted by Crippen LogP contribution is 2.26. The van der Waals surface area contributed by atoms with E-state index in [4.69, 9.17) is 0 Å². The minimum atomic E-state index is -0.548. The minimum absolute atomic E-state index is 0.0441. The van der Waals surface area contributed by atoms with Gasteiger partial charge in [0.2, 0.25) is 5.91 Å². The number of amides is 1. The van der Waals surface area contributed by atoms with Crippen LogP contribution in [0, 0.1) is 19.3 Å². The fraction of sp³-hybridized carbons (Fsp3) is 0.632. The molecular formula is C19H29NO2. The van der Waals surface area contributed by atoms with E-state index in [-0.39, 0.29) is 17.7 Å². The number of aliphatic hydroxyl groups is 1. The van der Waals surface area contributed by atoms with Crippen molar-refractivity contribution in [3.63, 3.8) is 0 Å². The highest BCUT2D eigenvalue weighted by Gasteiger charge is 2.25. The monoisotopic (exact) mass is 303 g/mol. The quantitative estimate of drug-likeness (QED) is 0.930. The van der Waals surface area contributed by atoms with Crippen LogP contribution in [0.25, 0.3) is 0 Å². The third kappa shape index (κ3) is 4.33. The number of nitrogens with zero attached hydrogens (tertiary/aromatic N) is 1. The molecule has 0 spiro atoms. The molecular weight excluding hydrogens is 274 g/mol. The van der Waals surface area contributed by atoms with E-state index in [2.05, 4.69) is 46.8 Å². The van der Waals surface area contributed by atoms with Crippen molar-refractivity contribution in [2.75, 3.05) is 6.54 Å². The van der Waals surface area contributed by atoms with Crippen LogP contribution in [0.3, 0.4) is 0 Å². The van der Waals surface area contributed by atoms with E-state index in [1.807, 2.05) is 4.90 Å². The lowest BCUT2D eigenvalue weighted by molar-refractivity contribution is -0.134. The van der Waals surface area contributed by atoms with Crippen LogP contribution in [-0.2, 0) is 17.8 Å². The summed E-state index contributed by atoms with van der Waals surface area (Å²) < 4.78 is 0. The van der Waals surface area contributed by atoms with Gasteiger partial charge in [0.1, 0.15) is 0 Å². The van der Waals surface area contributed by atoms with E-state index < -0.39 is 6.10 Å². The molecule has 3 nitrogen and oxygen atoms in total. The molecule has 1 aliphatic heterocycles. The largest absolute Gasteiger partial charge is 0.393 e. The maximum Gasteiger partial charge on any atom is 0.225 e. The summed E-state index contributed by atoms with van der Waals surface area (Å²) in [5, 5.41) is 10.1. The molecule has 1 amide bonds. The van der Waals surface area contributed by atoms with Crippen molar-refractivity contribution in [1.82, 2.24) is 4.90 Å². The van der Waals surface area contributed by atoms with Gasteiger partial charge in [0.15, 0.2) is 0 Å². The summed E-state index contributed by atoms with van der Waals surface area (Å²) >= 11 is 0. The first-order chi connectivity index (χ1) is 10.2. The Morgan fingerprint density at radius 1 is 1.32 bits per heavy atom. The van der Waals surface area contributed by atoms with E-state index in [1.165, 1.54) is 22.3 Å². The van der Waals surface area contributed by atoms with Crippen molar-refractivity contribution in [2.24, 2.45) is 5.41 Å². The molecule has 1 atom stereocenters. The van der Waals surface area contributed by atoms with Crippen LogP contribution in [0.15, 0.2) is 12.1 Å². The number of carbonyl (C=O) groups is 1. The Morgan fingerprint density at radius 2 is 2.00 bits per heavy atom. The molecule has 2 rings (SSSR count). The molecule has 0 aliphatic carbocycles. The zero-order valence-electron chi connectivity index (χ0n) is 14.6. The van der Waals surface area contributed by atoms with E-state index >= 15 is 0 Å². The number of aliphatic hydroxyl groups excluding tert-OH is 1. The second-order valence-electron chi connectivity index (χ2n) is 7.91. The third-order valence-corrected chi connectivity index (χ3v) is 4.31. The summed E-state index contributed by atoms with van der Waals surface area (Å²) in [5.41, 5.74) is 5.28. The Morgan fingerprint density at radius 3 is 2.64 bits per heavy atom. The first kappa shape index (κ1) is 17.0. The van der Waals surface area contributed by atoms with Crippen LogP contribution in [0.2, 0.25) is 0 Å². The van der Waals surface area contributed by atoms with Crippen LogP contribution in [-0.4, -0.2) is 28.6 Å². The number of rotatable bonds is 3. The molecule has 0 saturated carbocycles. The smallest absolute Gasteiger partial charge is 0.225 e. The lowest BCUT2D eigenvalue weighted by atomic mass is 9.88. The molecule has 3 heteroatoms. The Balaban J connectivity index is 2.01. The number of hydrogen-bond donors (Lipinski definition) is 1. The number of hydrogen-bond acceptors (Lipinski definition) is 2. The third-order valence-electron chi connectivity index (χ3n) is 4.31. The van der Waals surface area contributed by atoms with E-state index in [9.17, 15) is 9.90 Å². The first-order valence-corrected chi connectivity index (χ1v) is 8.20. The van der Waals surface area contributed by atoms with Crippen LogP contribution in [0.4, 0.5) is 0 Å². The molecule has 1 aromatic carbocycles. The molecule has 1 aromatic rings. The number of fused-ring (bicyclic) bond motifs is 1. The van der Waals surface area contributed by atoms with E-state index in [1.54, 1.807) is 0 Å². The fourth-order valence-electron chi connectivity index (χ4n) is 3.44. The lowest BCUT2D eigenvalue weighted by Gasteiger charge is -2.31. The summed E-state index contributed by atoms with van der Waals surface area (Å²) in [6, 6.07) is 4.40. The SMILES string of the molecule is Cc1cc(C)c2c(c1)CN(C(=O)CC(O)CC(C)(C)C)CC2. The van der Waals surface area contributed by atoms with Crippen molar-refractivity contribution in [2.45, 2.75) is 66.5 Å². The van der Waals surface area contributed by atoms with E-state index in [0.717, 1.165) is 13.0 Å². The normalized spacial score (nSPS) is 16.4. The van der Waals surface area contributed by atoms with Crippen LogP contribution in [0.5, 0.6) is 0 Å². The Bertz CT molecular complexity index is 557. The van der Waals surface area contributed by atoms with Gasteiger partial charge in [-0.15, -0.1) is 0 Å². The summed E-state index contributed by atoms with van der Waals surface area (Å²) in [7, 11) is 0. The number of carbonyl (C=O) groups excluding carboxylic acids is 1. The van der Waals surface area contributed by atoms with Crippen LogP contribution < -0.4 is 0 Å². The van der Waals surface area contributed by atoms with Gasteiger partial charge in [-0.3, -0.25) is 4.79 Å². The summed E-state index contributed by atoms with van der Waals surface area (Å²) in [6.45, 7) is 11.9. The van der Waals surface area contributed by atoms with Crippen LogP contribution in [0.1, 0.15) is 55.9 Å². The van der Waals surface area contributed by atoms with Crippen molar-refractivity contribution in [3.8, 4) is 0 Å². The standard InChI is InChI=1S/C19H29NO2/c1-13-8-14(2)17-6-7-20(12-15(17)9-13)18(22)10-16(21)11-19(3,4)5/h8-9,16,21H,6-7,10-12H2,1-5H3. The van der Waals surface area contributed by atoms with Gasteiger partial charge in [0.05, 0.1) is 12.5 Å². The highest BCUT2D eigenvalue weighted by molar-refractivity contribution is 5.77. The van der Waals surface area contributed by atoms with Gasteiger partial charge >= 0.3 is 0 Å². The fourth-order valence-corrected chi connectivity index (χ4v) is 3.44. The van der Waals surface area contributed by atoms with Gasteiger partial charge < -0.3 is 10.0 Å². The zero-order chi connectivity index (χ0) is 16.5. The van der Waals surface area contributed by atoms with Gasteiger partial charge in [0.25, 0.3) is 0 Å². The lowest BCUT2D eigenvalue weighted by Crippen LogP contribution is -2.38. The molecule has 1 heterocycles. The molecule has 1 unspecified atom stereocenters. The van der Waals surface area contributed by atoms with Crippen molar-refractivity contribution < 1.29 is 9.90 Å². The molecule has 22 heavy (non-hydrogen) atoms. The minimum Gasteiger partial charge on any atom is -0.393 e. The Labute approximate surface area is 134 Å². The Kier molecular flexibility index (Phi) is 4.96. The van der Waals surface area contributed by atoms with Crippen molar-refractivity contribution in [3.05, 3.63) is 34.4 Å². The number of benzene rings is 1. The second kappa shape index (κ2) is 6.41. The maximum atomic E-state index is 12.4. The predicted octanol–water partition coefficient (Wildman–Crippen LogP) is 3.38. The molecule has 0 aromatic heterocycles. The molecule has 0 fully saturated rings. The van der Waals surface area contributed by atoms with Gasteiger partial charge in [-0.05, 0) is 48.8 Å². The number of aryl methyl sites for hydroxylation is 2. The predicted molar refractivity (Wildman–Crippen MR) is 89.7 cm³/mol. The molecule has 1 aliphatic rings. The molecule has 122 valence electrons. The van der Waals surface area contributed by atoms with Crippen LogP contribution >= 0.6 is 0 Å². The summed E-state index contributed by atoms with van der Waals surface area (Å²) in [5.74, 6) is 0.0709. The van der Waals surface area contributed by atoms with Crippen molar-refractivity contribution in [1.29, 1.82) is 0 Å². The maximum absolute atomic E-state index is 12.4. The molecule has 1 N–H and O–H groups in total. The second-order valence-corrected chi connectivity index (χ2v) is 7.91. The average Bonchev–Trinajstić information content (AvgIpc) is 2.35. The topological polar surface area (TPSA) is 40.5 Å². The first-order valence-electron chi connectivity index (χ1n) is 8.20. The van der Waals surface area contributed by atoms with E-state index in [0.29, 0.717) is 13.0 Å². The zero-order valence-corrected chi connectivity index (χ0v) is 14.6. The average molecular weight is 303 g/mol. The van der Waals surface area contributed by atoms with Gasteiger partial charge in [-0.25, -0.2) is 0 Å². The van der Waals surface area contributed by atoms with Crippen molar-refractivity contribution >= 4 is 5.91 Å². The summed E-state index contributed by atoms with van der Waals surface area (Å²) in [4.78, 5) is 14.3. The summed E-state index contributed by atoms with van der Waals surface area (Å²) in [6.07, 6.45) is 1.26.